The van der Waals surface area contributed by atoms with E-state index in [1.54, 1.807) is 12.1 Å². The minimum Gasteiger partial charge on any atom is -0.504 e. The molecule has 32 heavy (non-hydrogen) atoms. The van der Waals surface area contributed by atoms with Gasteiger partial charge >= 0.3 is 0 Å². The van der Waals surface area contributed by atoms with E-state index >= 15 is 0 Å². The molecule has 1 aromatic carbocycles. The molecule has 1 saturated carbocycles. The predicted molar refractivity (Wildman–Crippen MR) is 126 cm³/mol. The van der Waals surface area contributed by atoms with Crippen molar-refractivity contribution in [1.82, 2.24) is 14.5 Å². The van der Waals surface area contributed by atoms with Crippen LogP contribution in [0.2, 0.25) is 0 Å². The quantitative estimate of drug-likeness (QED) is 0.530. The normalized spacial score (nSPS) is 20.8. The van der Waals surface area contributed by atoms with Crippen LogP contribution in [0.25, 0.3) is 22.6 Å². The number of phenolic OH excluding ortho intramolecular Hbond substituents is 1. The summed E-state index contributed by atoms with van der Waals surface area (Å²) < 4.78 is 7.43. The fourth-order valence-corrected chi connectivity index (χ4v) is 4.80. The van der Waals surface area contributed by atoms with Crippen LogP contribution < -0.4 is 4.74 Å². The van der Waals surface area contributed by atoms with Gasteiger partial charge in [0.05, 0.1) is 24.6 Å². The molecule has 0 amide bonds. The average Bonchev–Trinajstić information content (AvgIpc) is 3.13. The zero-order valence-corrected chi connectivity index (χ0v) is 19.0. The molecular formula is C26H31N3O3. The number of hydrogen-bond donors (Lipinski definition) is 2. The molecular weight excluding hydrogens is 402 g/mol. The van der Waals surface area contributed by atoms with Crippen LogP contribution in [-0.2, 0) is 6.54 Å². The van der Waals surface area contributed by atoms with Gasteiger partial charge in [0.1, 0.15) is 11.5 Å². The summed E-state index contributed by atoms with van der Waals surface area (Å²) in [6, 6.07) is 11.3. The standard InChI is InChI=1S/C26H31N3O3/c1-5-13-29-25(18-9-12-23(32-4)22(31)15-18)24(21-8-6-7-17(3)27-21)28-26(29)20-11-10-19(30)14-16(20)2/h5-9,12,15-16,19-20,30-31H,1,10-11,13-14H2,2-4H3. The zero-order valence-electron chi connectivity index (χ0n) is 19.0. The molecule has 3 atom stereocenters. The molecule has 6 nitrogen and oxygen atoms in total. The predicted octanol–water partition coefficient (Wildman–Crippen LogP) is 5.09. The lowest BCUT2D eigenvalue weighted by Crippen LogP contribution is -2.26. The summed E-state index contributed by atoms with van der Waals surface area (Å²) in [6.07, 6.45) is 4.03. The number of phenols is 1. The fraction of sp³-hybridized carbons (Fsp3) is 0.385. The minimum absolute atomic E-state index is 0.0789. The van der Waals surface area contributed by atoms with Crippen LogP contribution in [0.3, 0.4) is 0 Å². The number of rotatable bonds is 6. The lowest BCUT2D eigenvalue weighted by Gasteiger charge is -2.31. The van der Waals surface area contributed by atoms with Crippen molar-refractivity contribution in [1.29, 1.82) is 0 Å². The number of benzene rings is 1. The Labute approximate surface area is 189 Å². The lowest BCUT2D eigenvalue weighted by molar-refractivity contribution is 0.0926. The van der Waals surface area contributed by atoms with Gasteiger partial charge in [0.15, 0.2) is 11.5 Å². The van der Waals surface area contributed by atoms with E-state index in [-0.39, 0.29) is 17.8 Å². The topological polar surface area (TPSA) is 80.4 Å². The SMILES string of the molecule is C=CCn1c(C2CCC(O)CC2C)nc(-c2cccc(C)n2)c1-c1ccc(OC)c(O)c1. The number of aryl methyl sites for hydroxylation is 1. The maximum Gasteiger partial charge on any atom is 0.160 e. The van der Waals surface area contributed by atoms with Crippen molar-refractivity contribution in [3.8, 4) is 34.1 Å². The second kappa shape index (κ2) is 9.17. The number of ether oxygens (including phenoxy) is 1. The largest absolute Gasteiger partial charge is 0.504 e. The zero-order chi connectivity index (χ0) is 22.8. The van der Waals surface area contributed by atoms with Gasteiger partial charge in [-0.15, -0.1) is 6.58 Å². The first-order chi connectivity index (χ1) is 15.4. The third kappa shape index (κ3) is 4.15. The summed E-state index contributed by atoms with van der Waals surface area (Å²) >= 11 is 0. The molecule has 1 aliphatic rings. The maximum absolute atomic E-state index is 10.5. The van der Waals surface area contributed by atoms with Gasteiger partial charge < -0.3 is 19.5 Å². The number of allylic oxidation sites excluding steroid dienone is 1. The number of aromatic nitrogens is 3. The molecule has 2 N–H and O–H groups in total. The van der Waals surface area contributed by atoms with Crippen molar-refractivity contribution in [2.24, 2.45) is 5.92 Å². The number of methoxy groups -OCH3 is 1. The first kappa shape index (κ1) is 22.1. The van der Waals surface area contributed by atoms with Crippen LogP contribution in [0.5, 0.6) is 11.5 Å². The smallest absolute Gasteiger partial charge is 0.160 e. The van der Waals surface area contributed by atoms with Crippen LogP contribution in [0.15, 0.2) is 49.1 Å². The van der Waals surface area contributed by atoms with E-state index in [0.717, 1.165) is 53.4 Å². The molecule has 2 heterocycles. The molecule has 0 aliphatic heterocycles. The van der Waals surface area contributed by atoms with Crippen molar-refractivity contribution in [2.45, 2.75) is 51.7 Å². The van der Waals surface area contributed by atoms with Crippen LogP contribution in [0.4, 0.5) is 0 Å². The highest BCUT2D eigenvalue weighted by atomic mass is 16.5. The number of imidazole rings is 1. The highest BCUT2D eigenvalue weighted by molar-refractivity contribution is 5.79. The highest BCUT2D eigenvalue weighted by Gasteiger charge is 2.33. The van der Waals surface area contributed by atoms with Gasteiger partial charge in [0.25, 0.3) is 0 Å². The van der Waals surface area contributed by atoms with E-state index in [2.05, 4.69) is 18.1 Å². The summed E-state index contributed by atoms with van der Waals surface area (Å²) in [5.74, 6) is 2.01. The molecule has 4 rings (SSSR count). The van der Waals surface area contributed by atoms with E-state index in [1.165, 1.54) is 7.11 Å². The number of aromatic hydroxyl groups is 1. The lowest BCUT2D eigenvalue weighted by atomic mass is 9.78. The van der Waals surface area contributed by atoms with Crippen molar-refractivity contribution >= 4 is 0 Å². The number of aliphatic hydroxyl groups is 1. The van der Waals surface area contributed by atoms with E-state index in [9.17, 15) is 10.2 Å². The van der Waals surface area contributed by atoms with Gasteiger partial charge in [-0.1, -0.05) is 19.1 Å². The van der Waals surface area contributed by atoms with Crippen LogP contribution in [0.1, 0.15) is 43.6 Å². The van der Waals surface area contributed by atoms with Crippen LogP contribution in [0, 0.1) is 12.8 Å². The van der Waals surface area contributed by atoms with Crippen molar-refractivity contribution in [3.63, 3.8) is 0 Å². The number of nitrogens with zero attached hydrogens (tertiary/aromatic N) is 3. The van der Waals surface area contributed by atoms with Crippen LogP contribution >= 0.6 is 0 Å². The molecule has 1 fully saturated rings. The van der Waals surface area contributed by atoms with Crippen molar-refractivity contribution < 1.29 is 14.9 Å². The summed E-state index contributed by atoms with van der Waals surface area (Å²) in [6.45, 7) is 8.71. The van der Waals surface area contributed by atoms with E-state index in [1.807, 2.05) is 37.3 Å². The molecule has 0 spiro atoms. The monoisotopic (exact) mass is 433 g/mol. The van der Waals surface area contributed by atoms with Crippen molar-refractivity contribution in [3.05, 3.63) is 60.6 Å². The van der Waals surface area contributed by atoms with Gasteiger partial charge in [0.2, 0.25) is 0 Å². The van der Waals surface area contributed by atoms with E-state index in [4.69, 9.17) is 14.7 Å². The minimum atomic E-state index is -0.250. The Morgan fingerprint density at radius 1 is 1.22 bits per heavy atom. The molecule has 1 aliphatic carbocycles. The first-order valence-electron chi connectivity index (χ1n) is 11.1. The van der Waals surface area contributed by atoms with E-state index < -0.39 is 0 Å². The van der Waals surface area contributed by atoms with Gasteiger partial charge in [-0.3, -0.25) is 4.98 Å². The maximum atomic E-state index is 10.5. The molecule has 3 aromatic rings. The van der Waals surface area contributed by atoms with Crippen LogP contribution in [-0.4, -0.2) is 38.0 Å². The third-order valence-corrected chi connectivity index (χ3v) is 6.37. The third-order valence-electron chi connectivity index (χ3n) is 6.37. The summed E-state index contributed by atoms with van der Waals surface area (Å²) in [7, 11) is 1.54. The molecule has 0 radical (unpaired) electrons. The Bertz CT molecular complexity index is 1120. The molecule has 0 bridgehead atoms. The van der Waals surface area contributed by atoms with Gasteiger partial charge in [-0.2, -0.15) is 0 Å². The number of pyridine rings is 1. The summed E-state index contributed by atoms with van der Waals surface area (Å²) in [4.78, 5) is 9.89. The molecule has 3 unspecified atom stereocenters. The number of aliphatic hydroxyl groups excluding tert-OH is 1. The van der Waals surface area contributed by atoms with Crippen molar-refractivity contribution in [2.75, 3.05) is 7.11 Å². The molecule has 6 heteroatoms. The Kier molecular flexibility index (Phi) is 6.33. The van der Waals surface area contributed by atoms with Gasteiger partial charge in [-0.25, -0.2) is 4.98 Å². The second-order valence-electron chi connectivity index (χ2n) is 8.67. The second-order valence-corrected chi connectivity index (χ2v) is 8.67. The Hall–Kier alpha value is -3.12. The van der Waals surface area contributed by atoms with Gasteiger partial charge in [-0.05, 0) is 62.4 Å². The summed E-state index contributed by atoms with van der Waals surface area (Å²) in [5, 5.41) is 20.6. The molecule has 0 saturated heterocycles. The average molecular weight is 434 g/mol. The Morgan fingerprint density at radius 2 is 2.03 bits per heavy atom. The molecule has 168 valence electrons. The van der Waals surface area contributed by atoms with E-state index in [0.29, 0.717) is 18.2 Å². The first-order valence-corrected chi connectivity index (χ1v) is 11.1. The Morgan fingerprint density at radius 3 is 2.69 bits per heavy atom. The highest BCUT2D eigenvalue weighted by Crippen LogP contribution is 2.42. The number of hydrogen-bond acceptors (Lipinski definition) is 5. The Balaban J connectivity index is 1.95. The summed E-state index contributed by atoms with van der Waals surface area (Å²) in [5.41, 5.74) is 4.23. The van der Waals surface area contributed by atoms with Gasteiger partial charge in [0, 0.05) is 23.7 Å². The molecule has 2 aromatic heterocycles. The fourth-order valence-electron chi connectivity index (χ4n) is 4.80.